The van der Waals surface area contributed by atoms with Gasteiger partial charge >= 0.3 is 0 Å². The van der Waals surface area contributed by atoms with Gasteiger partial charge < -0.3 is 9.64 Å². The van der Waals surface area contributed by atoms with Gasteiger partial charge in [-0.1, -0.05) is 30.3 Å². The van der Waals surface area contributed by atoms with Gasteiger partial charge in [0, 0.05) is 12.7 Å². The topological polar surface area (TPSA) is 71.5 Å². The van der Waals surface area contributed by atoms with E-state index in [2.05, 4.69) is 33.7 Å². The van der Waals surface area contributed by atoms with Crippen molar-refractivity contribution in [1.82, 2.24) is 9.71 Å². The Hall–Kier alpha value is -1.96. The molecular weight excluding hydrogens is 326 g/mol. The molecule has 1 N–H and O–H groups in total. The van der Waals surface area contributed by atoms with E-state index in [0.29, 0.717) is 19.7 Å². The Morgan fingerprint density at radius 1 is 1.21 bits per heavy atom. The van der Waals surface area contributed by atoms with Crippen molar-refractivity contribution in [2.45, 2.75) is 17.4 Å². The average molecular weight is 347 g/mol. The number of morpholine rings is 1. The molecule has 1 atom stereocenters. The smallest absolute Gasteiger partial charge is 0.241 e. The molecule has 1 aromatic heterocycles. The first-order valence-electron chi connectivity index (χ1n) is 7.79. The Labute approximate surface area is 142 Å². The number of rotatable bonds is 4. The molecule has 1 aliphatic heterocycles. The van der Waals surface area contributed by atoms with E-state index in [1.54, 1.807) is 12.1 Å². The van der Waals surface area contributed by atoms with Gasteiger partial charge in [0.05, 0.1) is 13.2 Å². The summed E-state index contributed by atoms with van der Waals surface area (Å²) in [4.78, 5) is 6.60. The molecule has 6 nitrogen and oxygen atoms in total. The van der Waals surface area contributed by atoms with Gasteiger partial charge in [0.25, 0.3) is 0 Å². The first-order chi connectivity index (χ1) is 11.4. The lowest BCUT2D eigenvalue weighted by molar-refractivity contribution is -0.0468. The lowest BCUT2D eigenvalue weighted by Crippen LogP contribution is -2.48. The number of ether oxygens (including phenoxy) is 1. The summed E-state index contributed by atoms with van der Waals surface area (Å²) in [6.45, 7) is 4.02. The highest BCUT2D eigenvalue weighted by molar-refractivity contribution is 7.89. The number of pyridine rings is 1. The van der Waals surface area contributed by atoms with Crippen LogP contribution in [0.3, 0.4) is 0 Å². The first-order valence-corrected chi connectivity index (χ1v) is 9.27. The molecule has 0 aliphatic carbocycles. The van der Waals surface area contributed by atoms with Crippen LogP contribution in [0.25, 0.3) is 0 Å². The Morgan fingerprint density at radius 3 is 2.58 bits per heavy atom. The summed E-state index contributed by atoms with van der Waals surface area (Å²) in [6, 6.07) is 13.4. The van der Waals surface area contributed by atoms with E-state index in [4.69, 9.17) is 4.74 Å². The second-order valence-electron chi connectivity index (χ2n) is 5.93. The second-order valence-corrected chi connectivity index (χ2v) is 7.81. The summed E-state index contributed by atoms with van der Waals surface area (Å²) >= 11 is 0. The molecule has 7 heteroatoms. The van der Waals surface area contributed by atoms with E-state index < -0.39 is 15.6 Å². The molecule has 0 radical (unpaired) electrons. The SMILES string of the molecule is CNS(=O)(=O)c1ccc(N2CCOC(C)(c3ccccc3)C2)nc1. The third kappa shape index (κ3) is 3.28. The number of benzene rings is 1. The van der Waals surface area contributed by atoms with Gasteiger partial charge in [0.2, 0.25) is 10.0 Å². The number of anilines is 1. The monoisotopic (exact) mass is 347 g/mol. The van der Waals surface area contributed by atoms with Crippen LogP contribution >= 0.6 is 0 Å². The Kier molecular flexibility index (Phi) is 4.58. The maximum absolute atomic E-state index is 11.8. The Bertz CT molecular complexity index is 794. The highest BCUT2D eigenvalue weighted by Crippen LogP contribution is 2.31. The zero-order valence-electron chi connectivity index (χ0n) is 13.8. The molecule has 3 rings (SSSR count). The van der Waals surface area contributed by atoms with E-state index >= 15 is 0 Å². The summed E-state index contributed by atoms with van der Waals surface area (Å²) < 4.78 is 31.9. The quantitative estimate of drug-likeness (QED) is 0.912. The molecule has 0 spiro atoms. The van der Waals surface area contributed by atoms with Crippen molar-refractivity contribution < 1.29 is 13.2 Å². The summed E-state index contributed by atoms with van der Waals surface area (Å²) in [6.07, 6.45) is 1.39. The number of aromatic nitrogens is 1. The molecule has 0 bridgehead atoms. The Morgan fingerprint density at radius 2 is 1.96 bits per heavy atom. The van der Waals surface area contributed by atoms with Crippen molar-refractivity contribution in [2.75, 3.05) is 31.6 Å². The summed E-state index contributed by atoms with van der Waals surface area (Å²) in [5.41, 5.74) is 0.695. The van der Waals surface area contributed by atoms with Crippen LogP contribution in [-0.2, 0) is 20.4 Å². The van der Waals surface area contributed by atoms with Crippen molar-refractivity contribution in [3.8, 4) is 0 Å². The van der Waals surface area contributed by atoms with E-state index in [1.165, 1.54) is 13.2 Å². The number of nitrogens with one attached hydrogen (secondary N) is 1. The summed E-state index contributed by atoms with van der Waals surface area (Å²) in [5, 5.41) is 0. The van der Waals surface area contributed by atoms with Crippen LogP contribution in [0.1, 0.15) is 12.5 Å². The summed E-state index contributed by atoms with van der Waals surface area (Å²) in [7, 11) is -2.08. The molecule has 0 saturated carbocycles. The van der Waals surface area contributed by atoms with Gasteiger partial charge in [0.15, 0.2) is 0 Å². The van der Waals surface area contributed by atoms with Gasteiger partial charge in [-0.15, -0.1) is 0 Å². The minimum absolute atomic E-state index is 0.160. The maximum Gasteiger partial charge on any atom is 0.241 e. The number of sulfonamides is 1. The van der Waals surface area contributed by atoms with Crippen molar-refractivity contribution in [3.05, 3.63) is 54.2 Å². The normalized spacial score (nSPS) is 21.7. The summed E-state index contributed by atoms with van der Waals surface area (Å²) in [5.74, 6) is 0.746. The minimum atomic E-state index is -3.47. The van der Waals surface area contributed by atoms with Crippen LogP contribution in [0.15, 0.2) is 53.6 Å². The zero-order chi connectivity index (χ0) is 17.2. The van der Waals surface area contributed by atoms with Crippen molar-refractivity contribution in [2.24, 2.45) is 0 Å². The fourth-order valence-corrected chi connectivity index (χ4v) is 3.54. The molecule has 0 amide bonds. The molecule has 2 aromatic rings. The molecule has 1 aromatic carbocycles. The van der Waals surface area contributed by atoms with Gasteiger partial charge in [-0.05, 0) is 31.7 Å². The van der Waals surface area contributed by atoms with Crippen LogP contribution in [0.4, 0.5) is 5.82 Å². The molecule has 1 aliphatic rings. The highest BCUT2D eigenvalue weighted by Gasteiger charge is 2.34. The first kappa shape index (κ1) is 16.9. The number of hydrogen-bond donors (Lipinski definition) is 1. The van der Waals surface area contributed by atoms with Gasteiger partial charge in [-0.2, -0.15) is 0 Å². The predicted octanol–water partition coefficient (Wildman–Crippen LogP) is 1.74. The van der Waals surface area contributed by atoms with Crippen molar-refractivity contribution in [1.29, 1.82) is 0 Å². The van der Waals surface area contributed by atoms with Crippen molar-refractivity contribution >= 4 is 15.8 Å². The standard InChI is InChI=1S/C17H21N3O3S/c1-17(14-6-4-3-5-7-14)13-20(10-11-23-17)16-9-8-15(12-19-16)24(21,22)18-2/h3-9,12,18H,10-11,13H2,1-2H3. The average Bonchev–Trinajstić information content (AvgIpc) is 2.63. The van der Waals surface area contributed by atoms with Crippen LogP contribution in [0.2, 0.25) is 0 Å². The predicted molar refractivity (Wildman–Crippen MR) is 92.4 cm³/mol. The molecule has 128 valence electrons. The van der Waals surface area contributed by atoms with Gasteiger partial charge in [-0.3, -0.25) is 0 Å². The zero-order valence-corrected chi connectivity index (χ0v) is 14.6. The van der Waals surface area contributed by atoms with Gasteiger partial charge in [-0.25, -0.2) is 18.1 Å². The van der Waals surface area contributed by atoms with E-state index in [9.17, 15) is 8.42 Å². The van der Waals surface area contributed by atoms with Crippen LogP contribution in [0.5, 0.6) is 0 Å². The Balaban J connectivity index is 1.83. The van der Waals surface area contributed by atoms with Gasteiger partial charge in [0.1, 0.15) is 16.3 Å². The van der Waals surface area contributed by atoms with Crippen LogP contribution in [0, 0.1) is 0 Å². The third-order valence-electron chi connectivity index (χ3n) is 4.28. The largest absolute Gasteiger partial charge is 0.367 e. The molecular formula is C17H21N3O3S. The van der Waals surface area contributed by atoms with E-state index in [-0.39, 0.29) is 4.90 Å². The van der Waals surface area contributed by atoms with E-state index in [1.807, 2.05) is 18.2 Å². The lowest BCUT2D eigenvalue weighted by atomic mass is 9.94. The molecule has 24 heavy (non-hydrogen) atoms. The van der Waals surface area contributed by atoms with Crippen LogP contribution < -0.4 is 9.62 Å². The molecule has 1 saturated heterocycles. The number of nitrogens with zero attached hydrogens (tertiary/aromatic N) is 2. The van der Waals surface area contributed by atoms with Crippen molar-refractivity contribution in [3.63, 3.8) is 0 Å². The minimum Gasteiger partial charge on any atom is -0.367 e. The fraction of sp³-hybridized carbons (Fsp3) is 0.353. The number of hydrogen-bond acceptors (Lipinski definition) is 5. The third-order valence-corrected chi connectivity index (χ3v) is 5.68. The van der Waals surface area contributed by atoms with Crippen LogP contribution in [-0.4, -0.2) is 40.1 Å². The van der Waals surface area contributed by atoms with E-state index in [0.717, 1.165) is 11.4 Å². The molecule has 2 heterocycles. The second kappa shape index (κ2) is 6.51. The molecule has 1 unspecified atom stereocenters. The lowest BCUT2D eigenvalue weighted by Gasteiger charge is -2.41. The molecule has 1 fully saturated rings. The highest BCUT2D eigenvalue weighted by atomic mass is 32.2. The maximum atomic E-state index is 11.8. The fourth-order valence-electron chi connectivity index (χ4n) is 2.87.